The predicted molar refractivity (Wildman–Crippen MR) is 110 cm³/mol. The largest absolute Gasteiger partial charge is 0.747 e. The molecule has 6 nitrogen and oxygen atoms in total. The van der Waals surface area contributed by atoms with E-state index in [2.05, 4.69) is 6.92 Å². The summed E-state index contributed by atoms with van der Waals surface area (Å²) in [4.78, 5) is 23.4. The highest BCUT2D eigenvalue weighted by atomic mass is 32.2. The number of carbonyl (C=O) groups excluding carboxylic acids is 2. The fourth-order valence-electron chi connectivity index (χ4n) is 4.71. The number of fused-ring (bicyclic) bond motifs is 2. The molecule has 2 aliphatic carbocycles. The fraction of sp³-hybridized carbons (Fsp3) is 0.900. The van der Waals surface area contributed by atoms with Crippen molar-refractivity contribution in [2.24, 2.45) is 16.7 Å². The summed E-state index contributed by atoms with van der Waals surface area (Å²) in [7, 11) is -4.14. The lowest BCUT2D eigenvalue weighted by Gasteiger charge is -2.32. The molecule has 0 N–H and O–H groups in total. The minimum atomic E-state index is -4.49. The van der Waals surface area contributed by atoms with Gasteiger partial charge in [0.2, 0.25) is 0 Å². The second-order valence-electron chi connectivity index (χ2n) is 8.90. The molecule has 0 spiro atoms. The van der Waals surface area contributed by atoms with Crippen molar-refractivity contribution in [1.29, 1.82) is 0 Å². The molecule has 3 aliphatic rings. The summed E-state index contributed by atoms with van der Waals surface area (Å²) in [6.45, 7) is 9.44. The molecule has 0 aromatic carbocycles. The lowest BCUT2D eigenvalue weighted by molar-refractivity contribution is -0.128. The summed E-state index contributed by atoms with van der Waals surface area (Å²) in [5.74, 6) is 2.85. The lowest BCUT2D eigenvalue weighted by atomic mass is 9.70. The summed E-state index contributed by atoms with van der Waals surface area (Å²) < 4.78 is 38.5. The maximum absolute atomic E-state index is 12.0. The number of carbonyl (C=O) groups is 2. The molecule has 1 heterocycles. The number of Topliss-reactive ketones (excluding diaryl/α,β-unsaturated/α-hetero) is 2. The zero-order chi connectivity index (χ0) is 21.2. The summed E-state index contributed by atoms with van der Waals surface area (Å²) in [6.07, 6.45) is 4.35. The first-order valence-electron chi connectivity index (χ1n) is 10.2. The van der Waals surface area contributed by atoms with Crippen LogP contribution in [0.2, 0.25) is 0 Å². The zero-order valence-electron chi connectivity index (χ0n) is 17.5. The van der Waals surface area contributed by atoms with Crippen LogP contribution in [0.5, 0.6) is 0 Å². The third kappa shape index (κ3) is 4.82. The van der Waals surface area contributed by atoms with Gasteiger partial charge < -0.3 is 9.29 Å². The molecule has 2 saturated carbocycles. The number of hydrogen-bond donors (Lipinski definition) is 0. The number of hydrogen-bond acceptors (Lipinski definition) is 6. The molecule has 0 amide bonds. The highest BCUT2D eigenvalue weighted by molar-refractivity contribution is 7.97. The van der Waals surface area contributed by atoms with Crippen molar-refractivity contribution in [1.82, 2.24) is 0 Å². The van der Waals surface area contributed by atoms with Crippen LogP contribution in [0, 0.1) is 16.7 Å². The van der Waals surface area contributed by atoms with E-state index in [4.69, 9.17) is 4.74 Å². The minimum Gasteiger partial charge on any atom is -0.747 e. The van der Waals surface area contributed by atoms with Crippen LogP contribution in [0.25, 0.3) is 0 Å². The Kier molecular flexibility index (Phi) is 7.78. The Morgan fingerprint density at radius 1 is 1.25 bits per heavy atom. The third-order valence-electron chi connectivity index (χ3n) is 6.99. The third-order valence-corrected chi connectivity index (χ3v) is 10.4. The summed E-state index contributed by atoms with van der Waals surface area (Å²) in [5.41, 5.74) is -0.994. The normalized spacial score (nSPS) is 32.1. The van der Waals surface area contributed by atoms with Crippen molar-refractivity contribution in [3.63, 3.8) is 0 Å². The fourth-order valence-corrected chi connectivity index (χ4v) is 7.91. The Hall–Kier alpha value is -0.440. The monoisotopic (exact) mass is 434 g/mol. The molecule has 28 heavy (non-hydrogen) atoms. The second kappa shape index (κ2) is 9.14. The number of rotatable bonds is 6. The minimum absolute atomic E-state index is 0.294. The maximum atomic E-state index is 12.0. The molecular weight excluding hydrogens is 400 g/mol. The molecule has 0 aromatic rings. The van der Waals surface area contributed by atoms with Crippen LogP contribution in [0.4, 0.5) is 0 Å². The highest BCUT2D eigenvalue weighted by Crippen LogP contribution is 2.64. The predicted octanol–water partition coefficient (Wildman–Crippen LogP) is 2.32. The first-order valence-corrected chi connectivity index (χ1v) is 13.4. The zero-order valence-corrected chi connectivity index (χ0v) is 19.1. The standard InChI is InChI=1S/C10H16O4S.C10H19O2S/c1-9(2)6-4-5-10(9,3)8(11)7(6)15(12,13)14;1-2-3-4-10(11)9-13-7-5-12-6-8-13/h6-7H,4-5H2,1-3H3,(H,12,13,14);2-9H2,1H3/q;+1/p-1. The van der Waals surface area contributed by atoms with E-state index in [0.717, 1.165) is 49.7 Å². The van der Waals surface area contributed by atoms with Crippen molar-refractivity contribution in [3.8, 4) is 0 Å². The van der Waals surface area contributed by atoms with Gasteiger partial charge in [0.1, 0.15) is 26.9 Å². The molecule has 3 atom stereocenters. The Labute approximate surface area is 172 Å². The van der Waals surface area contributed by atoms with Crippen molar-refractivity contribution in [3.05, 3.63) is 0 Å². The van der Waals surface area contributed by atoms with Gasteiger partial charge in [-0.3, -0.25) is 9.59 Å². The Morgan fingerprint density at radius 3 is 2.29 bits per heavy atom. The molecule has 8 heteroatoms. The molecule has 0 aromatic heterocycles. The number of unbranched alkanes of at least 4 members (excludes halogenated alkanes) is 1. The van der Waals surface area contributed by atoms with Gasteiger partial charge in [0.25, 0.3) is 0 Å². The maximum Gasteiger partial charge on any atom is 0.181 e. The van der Waals surface area contributed by atoms with E-state index >= 15 is 0 Å². The summed E-state index contributed by atoms with van der Waals surface area (Å²) in [6, 6.07) is 0. The van der Waals surface area contributed by atoms with Gasteiger partial charge in [-0.05, 0) is 41.5 Å². The van der Waals surface area contributed by atoms with Gasteiger partial charge in [-0.15, -0.1) is 0 Å². The van der Waals surface area contributed by atoms with Crippen LogP contribution < -0.4 is 0 Å². The lowest BCUT2D eigenvalue weighted by Crippen LogP contribution is -2.38. The van der Waals surface area contributed by atoms with Crippen LogP contribution in [0.15, 0.2) is 0 Å². The van der Waals surface area contributed by atoms with Gasteiger partial charge in [0, 0.05) is 11.8 Å². The van der Waals surface area contributed by atoms with Crippen LogP contribution in [0.3, 0.4) is 0 Å². The van der Waals surface area contributed by atoms with Crippen molar-refractivity contribution in [2.75, 3.05) is 30.5 Å². The van der Waals surface area contributed by atoms with Gasteiger partial charge in [-0.25, -0.2) is 8.42 Å². The van der Waals surface area contributed by atoms with Crippen LogP contribution in [-0.4, -0.2) is 60.3 Å². The highest BCUT2D eigenvalue weighted by Gasteiger charge is 2.67. The topological polar surface area (TPSA) is 101 Å². The van der Waals surface area contributed by atoms with Crippen molar-refractivity contribution >= 4 is 32.6 Å². The molecule has 162 valence electrons. The van der Waals surface area contributed by atoms with E-state index in [-0.39, 0.29) is 17.1 Å². The summed E-state index contributed by atoms with van der Waals surface area (Å²) >= 11 is 0. The van der Waals surface area contributed by atoms with E-state index < -0.39 is 20.8 Å². The molecule has 3 fully saturated rings. The van der Waals surface area contributed by atoms with Crippen molar-refractivity contribution in [2.45, 2.75) is 65.0 Å². The smallest absolute Gasteiger partial charge is 0.181 e. The summed E-state index contributed by atoms with van der Waals surface area (Å²) in [5, 5.41) is -1.30. The van der Waals surface area contributed by atoms with Gasteiger partial charge >= 0.3 is 0 Å². The Balaban J connectivity index is 0.000000203. The molecule has 3 rings (SSSR count). The Bertz CT molecular complexity index is 681. The molecule has 0 radical (unpaired) electrons. The van der Waals surface area contributed by atoms with Gasteiger partial charge in [0.05, 0.1) is 13.2 Å². The average molecular weight is 435 g/mol. The molecule has 1 saturated heterocycles. The van der Waals surface area contributed by atoms with Crippen LogP contribution in [0.1, 0.15) is 59.8 Å². The molecule has 2 bridgehead atoms. The molecule has 1 aliphatic heterocycles. The van der Waals surface area contributed by atoms with E-state index in [1.54, 1.807) is 6.92 Å². The number of ether oxygens (including phenoxy) is 1. The van der Waals surface area contributed by atoms with Gasteiger partial charge in [-0.1, -0.05) is 34.1 Å². The van der Waals surface area contributed by atoms with Gasteiger partial charge in [-0.2, -0.15) is 0 Å². The second-order valence-corrected chi connectivity index (χ2v) is 12.7. The Morgan fingerprint density at radius 2 is 1.86 bits per heavy atom. The van der Waals surface area contributed by atoms with Crippen LogP contribution >= 0.6 is 0 Å². The number of ketones is 2. The first kappa shape index (κ1) is 23.8. The van der Waals surface area contributed by atoms with Gasteiger partial charge in [0.15, 0.2) is 17.3 Å². The van der Waals surface area contributed by atoms with Crippen molar-refractivity contribution < 1.29 is 27.3 Å². The first-order chi connectivity index (χ1) is 12.9. The molecule has 3 unspecified atom stereocenters. The van der Waals surface area contributed by atoms with Crippen LogP contribution in [-0.2, 0) is 35.3 Å². The van der Waals surface area contributed by atoms with E-state index in [1.165, 1.54) is 0 Å². The SMILES string of the molecule is CC12CCC(C(S(=O)(=O)[O-])C1=O)C2(C)C.CCCCC(=O)C[S+]1CCOCC1. The van der Waals surface area contributed by atoms with E-state index in [9.17, 15) is 22.6 Å². The molecular formula is C20H34O6S2. The van der Waals surface area contributed by atoms with E-state index in [1.807, 2.05) is 13.8 Å². The van der Waals surface area contributed by atoms with E-state index in [0.29, 0.717) is 29.5 Å². The quantitative estimate of drug-likeness (QED) is 0.470. The average Bonchev–Trinajstić information content (AvgIpc) is 2.93.